The molecule has 11 heteroatoms. The van der Waals surface area contributed by atoms with Gasteiger partial charge in [0, 0.05) is 30.3 Å². The Hall–Kier alpha value is -5.45. The fraction of sp³-hybridized carbons (Fsp3) is 0.316. The molecule has 10 nitrogen and oxygen atoms in total. The maximum absolute atomic E-state index is 13.9. The highest BCUT2D eigenvalue weighted by atomic mass is 19.1. The lowest BCUT2D eigenvalue weighted by Crippen LogP contribution is -2.12. The number of esters is 1. The molecule has 3 heterocycles. The molecule has 0 radical (unpaired) electrons. The van der Waals surface area contributed by atoms with E-state index < -0.39 is 5.97 Å². The largest absolute Gasteiger partial charge is 0.497 e. The van der Waals surface area contributed by atoms with Gasteiger partial charge >= 0.3 is 5.97 Å². The summed E-state index contributed by atoms with van der Waals surface area (Å²) in [6.07, 6.45) is 2.34. The van der Waals surface area contributed by atoms with Crippen LogP contribution < -0.4 is 14.2 Å². The van der Waals surface area contributed by atoms with Crippen LogP contribution in [0.5, 0.6) is 17.4 Å². The Morgan fingerprint density at radius 3 is 2.35 bits per heavy atom. The van der Waals surface area contributed by atoms with E-state index in [-0.39, 0.29) is 30.8 Å². The molecule has 254 valence electrons. The first-order chi connectivity index (χ1) is 23.9. The lowest BCUT2D eigenvalue weighted by atomic mass is 9.95. The van der Waals surface area contributed by atoms with Gasteiger partial charge in [-0.2, -0.15) is 15.2 Å². The summed E-state index contributed by atoms with van der Waals surface area (Å²) in [6, 6.07) is 23.0. The Morgan fingerprint density at radius 2 is 1.63 bits per heavy atom. The normalized spacial score (nSPS) is 11.4. The Bertz CT molecular complexity index is 2030. The van der Waals surface area contributed by atoms with Gasteiger partial charge in [-0.1, -0.05) is 32.0 Å². The van der Waals surface area contributed by atoms with E-state index in [2.05, 4.69) is 13.8 Å². The van der Waals surface area contributed by atoms with Crippen LogP contribution >= 0.6 is 0 Å². The summed E-state index contributed by atoms with van der Waals surface area (Å²) in [5.74, 6) is 0.990. The van der Waals surface area contributed by atoms with Gasteiger partial charge in [0.25, 0.3) is 0 Å². The SMILES string of the molecule is CCOC(=O)c1cc(OCc2c3ccccc3nn2CCCOc2ccc(OC)cc2)nc2c1c(C(CC)CC)nn2-c1ccc(F)cc1. The molecule has 0 saturated heterocycles. The van der Waals surface area contributed by atoms with Crippen molar-refractivity contribution in [1.29, 1.82) is 0 Å². The number of aromatic nitrogens is 5. The maximum atomic E-state index is 13.9. The van der Waals surface area contributed by atoms with E-state index in [1.807, 2.05) is 53.2 Å². The van der Waals surface area contributed by atoms with E-state index in [0.29, 0.717) is 41.9 Å². The molecule has 49 heavy (non-hydrogen) atoms. The fourth-order valence-electron chi connectivity index (χ4n) is 5.98. The summed E-state index contributed by atoms with van der Waals surface area (Å²) in [7, 11) is 1.63. The van der Waals surface area contributed by atoms with Gasteiger partial charge in [-0.05, 0) is 74.4 Å². The lowest BCUT2D eigenvalue weighted by molar-refractivity contribution is 0.0528. The third-order valence-electron chi connectivity index (χ3n) is 8.53. The monoisotopic (exact) mass is 665 g/mol. The number of nitrogens with zero attached hydrogens (tertiary/aromatic N) is 5. The number of hydrogen-bond donors (Lipinski definition) is 0. The number of fused-ring (bicyclic) bond motifs is 2. The number of aryl methyl sites for hydroxylation is 1. The predicted molar refractivity (Wildman–Crippen MR) is 185 cm³/mol. The Kier molecular flexibility index (Phi) is 10.4. The number of carbonyl (C=O) groups excluding carboxylic acids is 1. The quantitative estimate of drug-likeness (QED) is 0.0802. The molecule has 0 saturated carbocycles. The lowest BCUT2D eigenvalue weighted by Gasteiger charge is -2.13. The molecule has 0 N–H and O–H groups in total. The van der Waals surface area contributed by atoms with Crippen molar-refractivity contribution >= 4 is 27.9 Å². The summed E-state index contributed by atoms with van der Waals surface area (Å²) in [5, 5.41) is 11.4. The molecule has 3 aromatic carbocycles. The first kappa shape index (κ1) is 33.5. The minimum absolute atomic E-state index is 0.0698. The molecule has 3 aromatic heterocycles. The highest BCUT2D eigenvalue weighted by Gasteiger charge is 2.27. The highest BCUT2D eigenvalue weighted by Crippen LogP contribution is 2.35. The predicted octanol–water partition coefficient (Wildman–Crippen LogP) is 8.05. The number of methoxy groups -OCH3 is 1. The minimum atomic E-state index is -0.488. The van der Waals surface area contributed by atoms with Gasteiger partial charge in [0.2, 0.25) is 5.88 Å². The first-order valence-electron chi connectivity index (χ1n) is 16.6. The number of ether oxygens (including phenoxy) is 4. The van der Waals surface area contributed by atoms with Gasteiger partial charge in [0.15, 0.2) is 5.65 Å². The first-order valence-corrected chi connectivity index (χ1v) is 16.6. The van der Waals surface area contributed by atoms with E-state index in [9.17, 15) is 9.18 Å². The average molecular weight is 666 g/mol. The molecular weight excluding hydrogens is 625 g/mol. The molecule has 0 fully saturated rings. The number of hydrogen-bond acceptors (Lipinski definition) is 8. The Labute approximate surface area is 284 Å². The van der Waals surface area contributed by atoms with Crippen LogP contribution in [0.3, 0.4) is 0 Å². The minimum Gasteiger partial charge on any atom is -0.497 e. The zero-order chi connectivity index (χ0) is 34.3. The topological polar surface area (TPSA) is 103 Å². The molecule has 0 spiro atoms. The fourth-order valence-corrected chi connectivity index (χ4v) is 5.98. The smallest absolute Gasteiger partial charge is 0.339 e. The molecule has 0 bridgehead atoms. The summed E-state index contributed by atoms with van der Waals surface area (Å²) in [6.45, 7) is 7.39. The second-order valence-corrected chi connectivity index (χ2v) is 11.6. The Morgan fingerprint density at radius 1 is 0.898 bits per heavy atom. The number of pyridine rings is 1. The zero-order valence-electron chi connectivity index (χ0n) is 28.2. The van der Waals surface area contributed by atoms with E-state index in [1.54, 1.807) is 36.9 Å². The van der Waals surface area contributed by atoms with E-state index in [1.165, 1.54) is 12.1 Å². The van der Waals surface area contributed by atoms with Crippen LogP contribution in [-0.2, 0) is 17.9 Å². The molecule has 0 aliphatic heterocycles. The zero-order valence-corrected chi connectivity index (χ0v) is 28.2. The molecule has 0 atom stereocenters. The third kappa shape index (κ3) is 7.20. The number of halogens is 1. The highest BCUT2D eigenvalue weighted by molar-refractivity contribution is 6.04. The van der Waals surface area contributed by atoms with Gasteiger partial charge in [0.1, 0.15) is 23.9 Å². The van der Waals surface area contributed by atoms with Crippen LogP contribution in [0.4, 0.5) is 4.39 Å². The molecule has 6 aromatic rings. The van der Waals surface area contributed by atoms with Crippen LogP contribution in [0.1, 0.15) is 67.7 Å². The molecule has 0 aliphatic rings. The number of benzene rings is 3. The van der Waals surface area contributed by atoms with Gasteiger partial charge in [-0.25, -0.2) is 13.9 Å². The third-order valence-corrected chi connectivity index (χ3v) is 8.53. The van der Waals surface area contributed by atoms with Crippen LogP contribution in [0, 0.1) is 5.82 Å². The van der Waals surface area contributed by atoms with Crippen LogP contribution in [0.15, 0.2) is 78.9 Å². The van der Waals surface area contributed by atoms with Crippen molar-refractivity contribution in [3.63, 3.8) is 0 Å². The van der Waals surface area contributed by atoms with Crippen LogP contribution in [-0.4, -0.2) is 50.8 Å². The van der Waals surface area contributed by atoms with Crippen molar-refractivity contribution in [3.05, 3.63) is 102 Å². The molecule has 0 unspecified atom stereocenters. The van der Waals surface area contributed by atoms with Crippen molar-refractivity contribution in [3.8, 4) is 23.1 Å². The van der Waals surface area contributed by atoms with Crippen molar-refractivity contribution < 1.29 is 28.1 Å². The summed E-state index contributed by atoms with van der Waals surface area (Å²) in [5.41, 5.74) is 3.83. The van der Waals surface area contributed by atoms with Gasteiger partial charge in [-0.15, -0.1) is 0 Å². The van der Waals surface area contributed by atoms with Crippen LogP contribution in [0.2, 0.25) is 0 Å². The molecule has 0 aliphatic carbocycles. The van der Waals surface area contributed by atoms with Crippen LogP contribution in [0.25, 0.3) is 27.6 Å². The second-order valence-electron chi connectivity index (χ2n) is 11.6. The second kappa shape index (κ2) is 15.2. The maximum Gasteiger partial charge on any atom is 0.339 e. The Balaban J connectivity index is 1.33. The van der Waals surface area contributed by atoms with E-state index in [0.717, 1.165) is 46.6 Å². The summed E-state index contributed by atoms with van der Waals surface area (Å²) >= 11 is 0. The number of rotatable bonds is 15. The van der Waals surface area contributed by atoms with Gasteiger partial charge < -0.3 is 18.9 Å². The van der Waals surface area contributed by atoms with Crippen molar-refractivity contribution in [2.24, 2.45) is 0 Å². The van der Waals surface area contributed by atoms with E-state index >= 15 is 0 Å². The van der Waals surface area contributed by atoms with Crippen molar-refractivity contribution in [2.45, 2.75) is 59.1 Å². The summed E-state index contributed by atoms with van der Waals surface area (Å²) < 4.78 is 40.6. The van der Waals surface area contributed by atoms with Crippen molar-refractivity contribution in [2.75, 3.05) is 20.3 Å². The molecule has 0 amide bonds. The molecule has 6 rings (SSSR count). The van der Waals surface area contributed by atoms with Gasteiger partial charge in [-0.3, -0.25) is 4.68 Å². The molecular formula is C38H40FN5O5. The van der Waals surface area contributed by atoms with E-state index in [4.69, 9.17) is 34.1 Å². The standard InChI is InChI=1S/C38H40FN5O5/c1-5-25(6-2)36-35-31(38(45)47-7-3)23-34(40-37(35)44(42-36)27-15-13-26(39)14-16-27)49-24-33-30-11-8-9-12-32(30)41-43(33)21-10-22-48-29-19-17-28(46-4)18-20-29/h8-9,11-20,23,25H,5-7,10,21-22,24H2,1-4H3. The van der Waals surface area contributed by atoms with Gasteiger partial charge in [0.05, 0.1) is 53.9 Å². The van der Waals surface area contributed by atoms with Crippen molar-refractivity contribution in [1.82, 2.24) is 24.5 Å². The summed E-state index contributed by atoms with van der Waals surface area (Å²) in [4.78, 5) is 18.4. The average Bonchev–Trinajstić information content (AvgIpc) is 3.68. The number of carbonyl (C=O) groups is 1.